The van der Waals surface area contributed by atoms with E-state index in [9.17, 15) is 0 Å². The molecule has 0 saturated carbocycles. The van der Waals surface area contributed by atoms with Crippen LogP contribution in [0.1, 0.15) is 0 Å². The predicted molar refractivity (Wildman–Crippen MR) is 69.2 cm³/mol. The van der Waals surface area contributed by atoms with E-state index in [4.69, 9.17) is 15.2 Å². The fraction of sp³-hybridized carbons (Fsp3) is 0.182. The summed E-state index contributed by atoms with van der Waals surface area (Å²) in [5.74, 6) is 1.87. The van der Waals surface area contributed by atoms with Crippen LogP contribution in [0, 0.1) is 0 Å². The number of aromatic amines is 1. The molecule has 5 nitrogen and oxygen atoms in total. The molecule has 0 unspecified atom stereocenters. The molecule has 0 fully saturated rings. The number of benzene rings is 1. The number of nitrogens with zero attached hydrogens (tertiary/aromatic N) is 1. The molecule has 0 spiro atoms. The first-order chi connectivity index (χ1) is 8.19. The number of hydrogen-bond acceptors (Lipinski definition) is 4. The van der Waals surface area contributed by atoms with Gasteiger partial charge in [-0.2, -0.15) is 5.10 Å². The number of halogens is 1. The van der Waals surface area contributed by atoms with E-state index in [2.05, 4.69) is 26.1 Å². The van der Waals surface area contributed by atoms with Crippen LogP contribution in [0.15, 0.2) is 22.8 Å². The number of hydrogen-bond donors (Lipinski definition) is 2. The molecule has 2 aromatic rings. The third-order valence-corrected chi connectivity index (χ3v) is 3.20. The van der Waals surface area contributed by atoms with Crippen molar-refractivity contribution >= 4 is 21.7 Å². The number of nitrogen functional groups attached to an aromatic ring is 1. The zero-order valence-electron chi connectivity index (χ0n) is 9.45. The van der Waals surface area contributed by atoms with Gasteiger partial charge in [0.25, 0.3) is 0 Å². The molecule has 17 heavy (non-hydrogen) atoms. The standard InChI is InChI=1S/C11H12BrN3O2/c1-16-8-4-3-6(10(17-2)9(8)12)7-5-14-15-11(7)13/h3-5H,1-2H3,(H3,13,14,15). The van der Waals surface area contributed by atoms with E-state index in [1.165, 1.54) is 0 Å². The first-order valence-electron chi connectivity index (χ1n) is 4.88. The quantitative estimate of drug-likeness (QED) is 0.913. The van der Waals surface area contributed by atoms with Crippen molar-refractivity contribution in [3.63, 3.8) is 0 Å². The minimum atomic E-state index is 0.500. The Balaban J connectivity index is 2.63. The maximum absolute atomic E-state index is 5.80. The van der Waals surface area contributed by atoms with Crippen molar-refractivity contribution in [3.8, 4) is 22.6 Å². The van der Waals surface area contributed by atoms with Crippen LogP contribution in [0.4, 0.5) is 5.82 Å². The van der Waals surface area contributed by atoms with Gasteiger partial charge in [-0.3, -0.25) is 5.10 Å². The number of nitrogens with one attached hydrogen (secondary N) is 1. The lowest BCUT2D eigenvalue weighted by molar-refractivity contribution is 0.390. The number of aromatic nitrogens is 2. The molecule has 1 heterocycles. The summed E-state index contributed by atoms with van der Waals surface area (Å²) in [5.41, 5.74) is 7.45. The number of rotatable bonds is 3. The molecule has 2 rings (SSSR count). The SMILES string of the molecule is COc1ccc(-c2cn[nH]c2N)c(OC)c1Br. The molecule has 3 N–H and O–H groups in total. The van der Waals surface area contributed by atoms with Gasteiger partial charge < -0.3 is 15.2 Å². The van der Waals surface area contributed by atoms with E-state index >= 15 is 0 Å². The summed E-state index contributed by atoms with van der Waals surface area (Å²) in [5, 5.41) is 6.59. The molecule has 0 aliphatic rings. The smallest absolute Gasteiger partial charge is 0.144 e. The molecule has 0 radical (unpaired) electrons. The Morgan fingerprint density at radius 3 is 2.53 bits per heavy atom. The zero-order chi connectivity index (χ0) is 12.4. The molecule has 0 aliphatic heterocycles. The van der Waals surface area contributed by atoms with Crippen LogP contribution < -0.4 is 15.2 Å². The van der Waals surface area contributed by atoms with E-state index in [0.717, 1.165) is 15.6 Å². The Morgan fingerprint density at radius 2 is 2.00 bits per heavy atom. The van der Waals surface area contributed by atoms with Crippen molar-refractivity contribution in [2.24, 2.45) is 0 Å². The number of nitrogens with two attached hydrogens (primary N) is 1. The van der Waals surface area contributed by atoms with Crippen LogP contribution in [0.2, 0.25) is 0 Å². The molecule has 0 saturated heterocycles. The Labute approximate surface area is 107 Å². The van der Waals surface area contributed by atoms with E-state index in [1.807, 2.05) is 12.1 Å². The summed E-state index contributed by atoms with van der Waals surface area (Å²) in [6, 6.07) is 3.72. The highest BCUT2D eigenvalue weighted by molar-refractivity contribution is 9.10. The van der Waals surface area contributed by atoms with Crippen molar-refractivity contribution in [3.05, 3.63) is 22.8 Å². The van der Waals surface area contributed by atoms with Gasteiger partial charge >= 0.3 is 0 Å². The second-order valence-corrected chi connectivity index (χ2v) is 4.15. The average molecular weight is 298 g/mol. The van der Waals surface area contributed by atoms with Crippen molar-refractivity contribution in [1.82, 2.24) is 10.2 Å². The Hall–Kier alpha value is -1.69. The number of methoxy groups -OCH3 is 2. The second-order valence-electron chi connectivity index (χ2n) is 3.36. The summed E-state index contributed by atoms with van der Waals surface area (Å²) < 4.78 is 11.3. The summed E-state index contributed by atoms with van der Waals surface area (Å²) in [6.07, 6.45) is 1.66. The Morgan fingerprint density at radius 1 is 1.24 bits per heavy atom. The van der Waals surface area contributed by atoms with Crippen LogP contribution in [0.25, 0.3) is 11.1 Å². The molecular formula is C11H12BrN3O2. The third kappa shape index (κ3) is 1.95. The summed E-state index contributed by atoms with van der Waals surface area (Å²) in [6.45, 7) is 0. The molecule has 0 amide bonds. The number of H-pyrrole nitrogens is 1. The van der Waals surface area contributed by atoms with Crippen LogP contribution in [-0.4, -0.2) is 24.4 Å². The van der Waals surface area contributed by atoms with E-state index in [0.29, 0.717) is 17.3 Å². The van der Waals surface area contributed by atoms with Crippen molar-refractivity contribution in [2.45, 2.75) is 0 Å². The average Bonchev–Trinajstić information content (AvgIpc) is 2.75. The summed E-state index contributed by atoms with van der Waals surface area (Å²) in [7, 11) is 3.20. The van der Waals surface area contributed by atoms with Gasteiger partial charge in [-0.1, -0.05) is 0 Å². The maximum atomic E-state index is 5.80. The number of ether oxygens (including phenoxy) is 2. The van der Waals surface area contributed by atoms with Gasteiger partial charge in [-0.25, -0.2) is 0 Å². The molecule has 0 aliphatic carbocycles. The third-order valence-electron chi connectivity index (χ3n) is 2.44. The van der Waals surface area contributed by atoms with Gasteiger partial charge in [0.1, 0.15) is 21.8 Å². The lowest BCUT2D eigenvalue weighted by Crippen LogP contribution is -1.94. The molecule has 1 aromatic heterocycles. The highest BCUT2D eigenvalue weighted by Gasteiger charge is 2.16. The normalized spacial score (nSPS) is 10.3. The summed E-state index contributed by atoms with van der Waals surface area (Å²) in [4.78, 5) is 0. The second kappa shape index (κ2) is 4.67. The van der Waals surface area contributed by atoms with Crippen molar-refractivity contribution < 1.29 is 9.47 Å². The highest BCUT2D eigenvalue weighted by atomic mass is 79.9. The molecule has 1 aromatic carbocycles. The van der Waals surface area contributed by atoms with Crippen molar-refractivity contribution in [2.75, 3.05) is 20.0 Å². The Kier molecular flexibility index (Phi) is 3.23. The van der Waals surface area contributed by atoms with E-state index in [1.54, 1.807) is 20.4 Å². The van der Waals surface area contributed by atoms with Gasteiger partial charge in [0.2, 0.25) is 0 Å². The fourth-order valence-corrected chi connectivity index (χ4v) is 2.29. The lowest BCUT2D eigenvalue weighted by Gasteiger charge is -2.12. The van der Waals surface area contributed by atoms with E-state index in [-0.39, 0.29) is 0 Å². The fourth-order valence-electron chi connectivity index (χ4n) is 1.62. The van der Waals surface area contributed by atoms with Crippen LogP contribution in [-0.2, 0) is 0 Å². The minimum Gasteiger partial charge on any atom is -0.495 e. The molecule has 0 atom stereocenters. The molecular weight excluding hydrogens is 286 g/mol. The van der Waals surface area contributed by atoms with E-state index < -0.39 is 0 Å². The summed E-state index contributed by atoms with van der Waals surface area (Å²) >= 11 is 3.44. The van der Waals surface area contributed by atoms with Crippen LogP contribution in [0.5, 0.6) is 11.5 Å². The zero-order valence-corrected chi connectivity index (χ0v) is 11.0. The Bertz CT molecular complexity index is 540. The monoisotopic (exact) mass is 297 g/mol. The van der Waals surface area contributed by atoms with Crippen LogP contribution in [0.3, 0.4) is 0 Å². The molecule has 90 valence electrons. The van der Waals surface area contributed by atoms with Gasteiger partial charge in [0.05, 0.1) is 20.4 Å². The van der Waals surface area contributed by atoms with Gasteiger partial charge in [-0.05, 0) is 28.1 Å². The number of anilines is 1. The first kappa shape index (κ1) is 11.8. The van der Waals surface area contributed by atoms with Crippen LogP contribution >= 0.6 is 15.9 Å². The molecule has 6 heteroatoms. The van der Waals surface area contributed by atoms with Crippen molar-refractivity contribution in [1.29, 1.82) is 0 Å². The van der Waals surface area contributed by atoms with Gasteiger partial charge in [0, 0.05) is 11.1 Å². The lowest BCUT2D eigenvalue weighted by atomic mass is 10.1. The van der Waals surface area contributed by atoms with Gasteiger partial charge in [0.15, 0.2) is 0 Å². The first-order valence-corrected chi connectivity index (χ1v) is 5.68. The minimum absolute atomic E-state index is 0.500. The topological polar surface area (TPSA) is 73.2 Å². The maximum Gasteiger partial charge on any atom is 0.144 e. The molecule has 0 bridgehead atoms. The highest BCUT2D eigenvalue weighted by Crippen LogP contribution is 2.42. The largest absolute Gasteiger partial charge is 0.495 e. The predicted octanol–water partition coefficient (Wildman–Crippen LogP) is 2.44. The van der Waals surface area contributed by atoms with Gasteiger partial charge in [-0.15, -0.1) is 0 Å².